The highest BCUT2D eigenvalue weighted by Gasteiger charge is 2.47. The van der Waals surface area contributed by atoms with Crippen molar-refractivity contribution in [1.29, 1.82) is 0 Å². The van der Waals surface area contributed by atoms with Crippen LogP contribution in [0.3, 0.4) is 0 Å². The summed E-state index contributed by atoms with van der Waals surface area (Å²) in [5.74, 6) is -0.830. The standard InChI is InChI=1S/C23H28F3N3O4/c24-23(25,26)15-33-20-8-4-3-7-19(20)28-11-9-27(10-12-28)13-16(30)14-29-21(31)17-5-1-2-6-18(17)22(29)32/h1-4,7-8,16-18,30H,5-6,9-15H2. The summed E-state index contributed by atoms with van der Waals surface area (Å²) in [6.07, 6.45) is -0.277. The molecule has 0 spiro atoms. The van der Waals surface area contributed by atoms with Crippen LogP contribution in [-0.4, -0.2) is 84.9 Å². The zero-order valence-electron chi connectivity index (χ0n) is 18.2. The maximum Gasteiger partial charge on any atom is 0.422 e. The first-order chi connectivity index (χ1) is 15.7. The summed E-state index contributed by atoms with van der Waals surface area (Å²) >= 11 is 0. The van der Waals surface area contributed by atoms with Crippen molar-refractivity contribution in [2.24, 2.45) is 11.8 Å². The summed E-state index contributed by atoms with van der Waals surface area (Å²) in [6.45, 7) is 1.22. The molecule has 2 heterocycles. The number of benzene rings is 1. The molecular weight excluding hydrogens is 439 g/mol. The molecule has 2 amide bonds. The van der Waals surface area contributed by atoms with Crippen molar-refractivity contribution in [2.75, 3.05) is 50.8 Å². The third-order valence-corrected chi connectivity index (χ3v) is 6.43. The SMILES string of the molecule is O=C1C2CC=CCC2C(=O)N1CC(O)CN1CCN(c2ccccc2OCC(F)(F)F)CC1. The Labute approximate surface area is 190 Å². The molecule has 7 nitrogen and oxygen atoms in total. The number of β-amino-alcohol motifs (C(OH)–C–C–N with tert-alkyl or cyclic N) is 1. The van der Waals surface area contributed by atoms with Crippen LogP contribution in [0.25, 0.3) is 0 Å². The van der Waals surface area contributed by atoms with Crippen LogP contribution < -0.4 is 9.64 Å². The molecule has 2 fully saturated rings. The lowest BCUT2D eigenvalue weighted by Gasteiger charge is -2.37. The van der Waals surface area contributed by atoms with E-state index in [0.717, 1.165) is 0 Å². The Kier molecular flexibility index (Phi) is 6.94. The summed E-state index contributed by atoms with van der Waals surface area (Å²) < 4.78 is 42.6. The first-order valence-corrected chi connectivity index (χ1v) is 11.2. The van der Waals surface area contributed by atoms with Gasteiger partial charge in [-0.1, -0.05) is 24.3 Å². The number of rotatable bonds is 7. The molecule has 0 aromatic heterocycles. The predicted octanol–water partition coefficient (Wildman–Crippen LogP) is 2.06. The molecule has 3 atom stereocenters. The Morgan fingerprint density at radius 2 is 1.58 bits per heavy atom. The number of hydrogen-bond acceptors (Lipinski definition) is 6. The maximum absolute atomic E-state index is 12.6. The van der Waals surface area contributed by atoms with Crippen LogP contribution in [0.1, 0.15) is 12.8 Å². The van der Waals surface area contributed by atoms with E-state index in [0.29, 0.717) is 51.3 Å². The minimum absolute atomic E-state index is 0.0149. The Balaban J connectivity index is 1.28. The second-order valence-electron chi connectivity index (χ2n) is 8.76. The first kappa shape index (κ1) is 23.6. The zero-order valence-corrected chi connectivity index (χ0v) is 18.2. The average molecular weight is 467 g/mol. The molecule has 3 unspecified atom stereocenters. The first-order valence-electron chi connectivity index (χ1n) is 11.2. The fourth-order valence-electron chi connectivity index (χ4n) is 4.79. The van der Waals surface area contributed by atoms with Crippen molar-refractivity contribution in [3.05, 3.63) is 36.4 Å². The van der Waals surface area contributed by atoms with E-state index in [2.05, 4.69) is 0 Å². The minimum atomic E-state index is -4.41. The van der Waals surface area contributed by atoms with Gasteiger partial charge in [0.05, 0.1) is 30.2 Å². The van der Waals surface area contributed by atoms with E-state index in [1.807, 2.05) is 22.0 Å². The molecule has 1 aromatic rings. The molecular formula is C23H28F3N3O4. The Morgan fingerprint density at radius 3 is 2.18 bits per heavy atom. The highest BCUT2D eigenvalue weighted by Crippen LogP contribution is 2.35. The number of carbonyl (C=O) groups excluding carboxylic acids is 2. The lowest BCUT2D eigenvalue weighted by molar-refractivity contribution is -0.153. The minimum Gasteiger partial charge on any atom is -0.482 e. The lowest BCUT2D eigenvalue weighted by atomic mass is 9.85. The van der Waals surface area contributed by atoms with Gasteiger partial charge in [0.25, 0.3) is 0 Å². The van der Waals surface area contributed by atoms with E-state index >= 15 is 0 Å². The van der Waals surface area contributed by atoms with Crippen LogP contribution in [0.15, 0.2) is 36.4 Å². The van der Waals surface area contributed by atoms with Gasteiger partial charge < -0.3 is 14.7 Å². The molecule has 33 heavy (non-hydrogen) atoms. The third-order valence-electron chi connectivity index (χ3n) is 6.43. The number of aliphatic hydroxyl groups is 1. The van der Waals surface area contributed by atoms with Crippen LogP contribution in [-0.2, 0) is 9.59 Å². The van der Waals surface area contributed by atoms with Gasteiger partial charge in [0.2, 0.25) is 11.8 Å². The van der Waals surface area contributed by atoms with Crippen LogP contribution >= 0.6 is 0 Å². The number of fused-ring (bicyclic) bond motifs is 1. The van der Waals surface area contributed by atoms with Crippen molar-refractivity contribution in [3.63, 3.8) is 0 Å². The fourth-order valence-corrected chi connectivity index (χ4v) is 4.79. The molecule has 2 saturated heterocycles. The van der Waals surface area contributed by atoms with Gasteiger partial charge in [0.1, 0.15) is 5.75 Å². The van der Waals surface area contributed by atoms with Gasteiger partial charge >= 0.3 is 6.18 Å². The second kappa shape index (κ2) is 9.72. The molecule has 0 radical (unpaired) electrons. The summed E-state index contributed by atoms with van der Waals surface area (Å²) in [5, 5.41) is 10.6. The van der Waals surface area contributed by atoms with Crippen molar-refractivity contribution in [3.8, 4) is 5.75 Å². The number of likely N-dealkylation sites (tertiary alicyclic amines) is 1. The average Bonchev–Trinajstić information content (AvgIpc) is 3.03. The monoisotopic (exact) mass is 467 g/mol. The normalized spacial score (nSPS) is 24.8. The van der Waals surface area contributed by atoms with E-state index in [1.165, 1.54) is 11.0 Å². The number of imide groups is 1. The van der Waals surface area contributed by atoms with Gasteiger partial charge in [-0.15, -0.1) is 0 Å². The van der Waals surface area contributed by atoms with E-state index < -0.39 is 18.9 Å². The third kappa shape index (κ3) is 5.50. The number of aliphatic hydroxyl groups excluding tert-OH is 1. The summed E-state index contributed by atoms with van der Waals surface area (Å²) in [7, 11) is 0. The highest BCUT2D eigenvalue weighted by atomic mass is 19.4. The molecule has 2 aliphatic heterocycles. The molecule has 10 heteroatoms. The van der Waals surface area contributed by atoms with E-state index in [1.54, 1.807) is 18.2 Å². The molecule has 1 N–H and O–H groups in total. The number of amides is 2. The number of nitrogens with zero attached hydrogens (tertiary/aromatic N) is 3. The van der Waals surface area contributed by atoms with Gasteiger partial charge in [-0.2, -0.15) is 13.2 Å². The van der Waals surface area contributed by atoms with Gasteiger partial charge in [-0.3, -0.25) is 19.4 Å². The molecule has 0 bridgehead atoms. The lowest BCUT2D eigenvalue weighted by Crippen LogP contribution is -2.50. The number of alkyl halides is 3. The number of allylic oxidation sites excluding steroid dienone is 2. The van der Waals surface area contributed by atoms with E-state index in [9.17, 15) is 27.9 Å². The summed E-state index contributed by atoms with van der Waals surface area (Å²) in [5.41, 5.74) is 0.603. The Hall–Kier alpha value is -2.59. The summed E-state index contributed by atoms with van der Waals surface area (Å²) in [6, 6.07) is 6.64. The zero-order chi connectivity index (χ0) is 23.6. The van der Waals surface area contributed by atoms with Crippen molar-refractivity contribution < 1.29 is 32.6 Å². The van der Waals surface area contributed by atoms with E-state index in [4.69, 9.17) is 4.74 Å². The van der Waals surface area contributed by atoms with E-state index in [-0.39, 0.29) is 35.9 Å². The second-order valence-corrected chi connectivity index (χ2v) is 8.76. The molecule has 180 valence electrons. The van der Waals surface area contributed by atoms with Gasteiger partial charge in [-0.05, 0) is 25.0 Å². The largest absolute Gasteiger partial charge is 0.482 e. The topological polar surface area (TPSA) is 73.3 Å². The number of piperazine rings is 1. The highest BCUT2D eigenvalue weighted by molar-refractivity contribution is 6.05. The molecule has 1 aromatic carbocycles. The number of ether oxygens (including phenoxy) is 1. The molecule has 4 rings (SSSR count). The van der Waals surface area contributed by atoms with Crippen LogP contribution in [0, 0.1) is 11.8 Å². The number of halogens is 3. The Bertz CT molecular complexity index is 873. The number of carbonyl (C=O) groups is 2. The predicted molar refractivity (Wildman–Crippen MR) is 115 cm³/mol. The molecule has 0 saturated carbocycles. The van der Waals surface area contributed by atoms with Gasteiger partial charge in [0, 0.05) is 32.7 Å². The van der Waals surface area contributed by atoms with Crippen molar-refractivity contribution in [1.82, 2.24) is 9.80 Å². The number of anilines is 1. The van der Waals surface area contributed by atoms with Crippen molar-refractivity contribution >= 4 is 17.5 Å². The maximum atomic E-state index is 12.6. The quantitative estimate of drug-likeness (QED) is 0.489. The molecule has 3 aliphatic rings. The van der Waals surface area contributed by atoms with Crippen LogP contribution in [0.5, 0.6) is 5.75 Å². The molecule has 1 aliphatic carbocycles. The van der Waals surface area contributed by atoms with Crippen LogP contribution in [0.4, 0.5) is 18.9 Å². The fraction of sp³-hybridized carbons (Fsp3) is 0.565. The van der Waals surface area contributed by atoms with Crippen molar-refractivity contribution in [2.45, 2.75) is 25.1 Å². The number of para-hydroxylation sites is 2. The van der Waals surface area contributed by atoms with Gasteiger partial charge in [-0.25, -0.2) is 0 Å². The number of hydrogen-bond donors (Lipinski definition) is 1. The van der Waals surface area contributed by atoms with Crippen LogP contribution in [0.2, 0.25) is 0 Å². The van der Waals surface area contributed by atoms with Gasteiger partial charge in [0.15, 0.2) is 6.61 Å². The summed E-state index contributed by atoms with van der Waals surface area (Å²) in [4.78, 5) is 30.4. The smallest absolute Gasteiger partial charge is 0.422 e. The Morgan fingerprint density at radius 1 is 0.970 bits per heavy atom.